The Kier molecular flexibility index (Phi) is 6.82. The summed E-state index contributed by atoms with van der Waals surface area (Å²) in [6, 6.07) is 13.4. The minimum absolute atomic E-state index is 0.0119. The molecule has 3 aromatic carbocycles. The Morgan fingerprint density at radius 3 is 2.54 bits per heavy atom. The normalized spacial score (nSPS) is 22.6. The van der Waals surface area contributed by atoms with E-state index in [0.29, 0.717) is 48.8 Å². The highest BCUT2D eigenvalue weighted by molar-refractivity contribution is 7.21. The van der Waals surface area contributed by atoms with Gasteiger partial charge in [-0.2, -0.15) is 0 Å². The van der Waals surface area contributed by atoms with Crippen molar-refractivity contribution in [1.29, 1.82) is 0 Å². The standard InChI is InChI=1S/C31H32FN5O3S/c1-16-14-20(40-19-7-5-17(32)6-8-19)9-10-21(16)31(35)22-11-12-23(33)27-24(22)25(26(34)29(31)38)28(41-27)30(39)36-18-4-3-13-37(2)15-18/h5-12,14,18,26H,3-4,13,15,33-35H2,1-2H3,(H,36,39). The van der Waals surface area contributed by atoms with E-state index in [0.717, 1.165) is 31.5 Å². The molecule has 4 aromatic rings. The number of likely N-dealkylation sites (tertiary alicyclic amines) is 1. The lowest BCUT2D eigenvalue weighted by Gasteiger charge is -2.37. The molecule has 1 fully saturated rings. The Labute approximate surface area is 241 Å². The summed E-state index contributed by atoms with van der Waals surface area (Å²) >= 11 is 1.25. The van der Waals surface area contributed by atoms with Gasteiger partial charge in [0.15, 0.2) is 5.78 Å². The summed E-state index contributed by atoms with van der Waals surface area (Å²) in [5.74, 6) is -0.0223. The lowest BCUT2D eigenvalue weighted by molar-refractivity contribution is -0.124. The van der Waals surface area contributed by atoms with Crippen molar-refractivity contribution in [2.45, 2.75) is 37.4 Å². The Morgan fingerprint density at radius 1 is 1.12 bits per heavy atom. The van der Waals surface area contributed by atoms with Gasteiger partial charge in [-0.3, -0.25) is 9.59 Å². The first-order valence-electron chi connectivity index (χ1n) is 13.6. The Morgan fingerprint density at radius 2 is 1.83 bits per heavy atom. The van der Waals surface area contributed by atoms with Crippen molar-refractivity contribution in [3.8, 4) is 11.5 Å². The summed E-state index contributed by atoms with van der Waals surface area (Å²) in [5, 5.41) is 3.81. The van der Waals surface area contributed by atoms with Crippen molar-refractivity contribution < 1.29 is 18.7 Å². The number of nitrogens with one attached hydrogen (secondary N) is 1. The first-order valence-corrected chi connectivity index (χ1v) is 14.4. The summed E-state index contributed by atoms with van der Waals surface area (Å²) in [7, 11) is 2.04. The second-order valence-electron chi connectivity index (χ2n) is 11.0. The van der Waals surface area contributed by atoms with Crippen molar-refractivity contribution in [2.24, 2.45) is 11.5 Å². The molecular formula is C31H32FN5O3S. The molecule has 3 atom stereocenters. The van der Waals surface area contributed by atoms with Crippen molar-refractivity contribution in [3.63, 3.8) is 0 Å². The Balaban J connectivity index is 1.42. The number of hydrogen-bond acceptors (Lipinski definition) is 8. The fourth-order valence-electron chi connectivity index (χ4n) is 6.14. The van der Waals surface area contributed by atoms with Gasteiger partial charge in [0, 0.05) is 29.2 Å². The van der Waals surface area contributed by atoms with Gasteiger partial charge in [-0.15, -0.1) is 11.3 Å². The number of hydrogen-bond donors (Lipinski definition) is 4. The first kappa shape index (κ1) is 27.3. The molecule has 0 bridgehead atoms. The van der Waals surface area contributed by atoms with Gasteiger partial charge >= 0.3 is 0 Å². The average Bonchev–Trinajstić information content (AvgIpc) is 3.35. The molecule has 7 N–H and O–H groups in total. The van der Waals surface area contributed by atoms with Crippen molar-refractivity contribution in [1.82, 2.24) is 10.2 Å². The van der Waals surface area contributed by atoms with Crippen molar-refractivity contribution in [3.05, 3.63) is 87.5 Å². The van der Waals surface area contributed by atoms with Crippen LogP contribution in [-0.4, -0.2) is 42.8 Å². The number of amides is 1. The van der Waals surface area contributed by atoms with Crippen LogP contribution in [0.4, 0.5) is 10.1 Å². The van der Waals surface area contributed by atoms with Gasteiger partial charge in [0.2, 0.25) is 0 Å². The molecule has 0 radical (unpaired) electrons. The number of nitrogen functional groups attached to an aromatic ring is 1. The van der Waals surface area contributed by atoms with Gasteiger partial charge in [0.1, 0.15) is 22.9 Å². The van der Waals surface area contributed by atoms with E-state index in [1.54, 1.807) is 30.3 Å². The van der Waals surface area contributed by atoms with E-state index in [-0.39, 0.29) is 17.8 Å². The number of ether oxygens (including phenoxy) is 1. The van der Waals surface area contributed by atoms with Gasteiger partial charge in [0.05, 0.1) is 15.6 Å². The second-order valence-corrected chi connectivity index (χ2v) is 12.0. The number of thiophene rings is 1. The van der Waals surface area contributed by atoms with E-state index in [9.17, 15) is 14.0 Å². The first-order chi connectivity index (χ1) is 19.6. The number of benzene rings is 3. The van der Waals surface area contributed by atoms with Crippen LogP contribution in [0.25, 0.3) is 10.1 Å². The van der Waals surface area contributed by atoms with E-state index in [1.807, 2.05) is 14.0 Å². The zero-order valence-electron chi connectivity index (χ0n) is 22.9. The molecule has 1 aromatic heterocycles. The molecule has 0 spiro atoms. The van der Waals surface area contributed by atoms with Crippen LogP contribution in [0.5, 0.6) is 11.5 Å². The minimum Gasteiger partial charge on any atom is -0.457 e. The third-order valence-electron chi connectivity index (χ3n) is 8.15. The number of carbonyl (C=O) groups excluding carboxylic acids is 2. The predicted octanol–water partition coefficient (Wildman–Crippen LogP) is 4.33. The van der Waals surface area contributed by atoms with Gasteiger partial charge in [-0.1, -0.05) is 12.1 Å². The topological polar surface area (TPSA) is 137 Å². The number of piperidine rings is 1. The highest BCUT2D eigenvalue weighted by Gasteiger charge is 2.49. The van der Waals surface area contributed by atoms with Crippen molar-refractivity contribution >= 4 is 38.8 Å². The monoisotopic (exact) mass is 573 g/mol. The number of anilines is 1. The number of Topliss-reactive ketones (excluding diaryl/α,β-unsaturated/α-hetero) is 1. The van der Waals surface area contributed by atoms with Gasteiger partial charge in [0.25, 0.3) is 5.91 Å². The van der Waals surface area contributed by atoms with Crippen LogP contribution in [-0.2, 0) is 10.3 Å². The molecule has 10 heteroatoms. The van der Waals surface area contributed by atoms with Crippen LogP contribution in [0.3, 0.4) is 0 Å². The number of halogens is 1. The molecule has 212 valence electrons. The number of nitrogens with zero attached hydrogens (tertiary/aromatic N) is 1. The summed E-state index contributed by atoms with van der Waals surface area (Å²) < 4.78 is 19.9. The van der Waals surface area contributed by atoms with Crippen LogP contribution in [0.1, 0.15) is 50.8 Å². The zero-order chi connectivity index (χ0) is 29.1. The summed E-state index contributed by atoms with van der Waals surface area (Å²) in [5.41, 5.74) is 21.3. The zero-order valence-corrected chi connectivity index (χ0v) is 23.7. The molecule has 1 saturated heterocycles. The maximum atomic E-state index is 14.1. The SMILES string of the molecule is Cc1cc(Oc2ccc(F)cc2)ccc1C1(N)C(=O)C(N)c2c(C(=O)NC3CCCN(C)C3)sc3c(N)ccc1c23. The molecular weight excluding hydrogens is 541 g/mol. The lowest BCUT2D eigenvalue weighted by Crippen LogP contribution is -2.53. The lowest BCUT2D eigenvalue weighted by atomic mass is 9.69. The summed E-state index contributed by atoms with van der Waals surface area (Å²) in [6.45, 7) is 3.60. The number of rotatable bonds is 5. The molecule has 3 unspecified atom stereocenters. The van der Waals surface area contributed by atoms with Crippen LogP contribution in [0.2, 0.25) is 0 Å². The number of likely N-dealkylation sites (N-methyl/N-ethyl adjacent to an activating group) is 1. The Hall–Kier alpha value is -3.83. The number of nitrogens with two attached hydrogens (primary N) is 3. The van der Waals surface area contributed by atoms with Gasteiger partial charge < -0.3 is 32.2 Å². The van der Waals surface area contributed by atoms with Crippen LogP contribution in [0, 0.1) is 12.7 Å². The average molecular weight is 574 g/mol. The Bertz CT molecular complexity index is 1690. The molecule has 1 aliphatic carbocycles. The molecule has 0 saturated carbocycles. The fraction of sp³-hybridized carbons (Fsp3) is 0.290. The predicted molar refractivity (Wildman–Crippen MR) is 159 cm³/mol. The van der Waals surface area contributed by atoms with Crippen molar-refractivity contribution in [2.75, 3.05) is 25.9 Å². The molecule has 6 rings (SSSR count). The van der Waals surface area contributed by atoms with E-state index in [2.05, 4.69) is 10.2 Å². The molecule has 8 nitrogen and oxygen atoms in total. The highest BCUT2D eigenvalue weighted by atomic mass is 32.1. The third-order valence-corrected chi connectivity index (χ3v) is 9.40. The molecule has 1 aliphatic heterocycles. The van der Waals surface area contributed by atoms with E-state index in [1.165, 1.54) is 35.6 Å². The quantitative estimate of drug-likeness (QED) is 0.261. The number of aryl methyl sites for hydroxylation is 1. The molecule has 2 aliphatic rings. The summed E-state index contributed by atoms with van der Waals surface area (Å²) in [6.07, 6.45) is 1.89. The summed E-state index contributed by atoms with van der Waals surface area (Å²) in [4.78, 5) is 30.3. The molecule has 2 heterocycles. The highest BCUT2D eigenvalue weighted by Crippen LogP contribution is 2.50. The number of ketones is 1. The molecule has 41 heavy (non-hydrogen) atoms. The largest absolute Gasteiger partial charge is 0.457 e. The maximum Gasteiger partial charge on any atom is 0.262 e. The van der Waals surface area contributed by atoms with Gasteiger partial charge in [-0.05, 0) is 92.5 Å². The fourth-order valence-corrected chi connectivity index (χ4v) is 7.35. The van der Waals surface area contributed by atoms with Crippen LogP contribution < -0.4 is 27.3 Å². The molecule has 1 amide bonds. The van der Waals surface area contributed by atoms with E-state index in [4.69, 9.17) is 21.9 Å². The van der Waals surface area contributed by atoms with E-state index >= 15 is 0 Å². The van der Waals surface area contributed by atoms with Crippen LogP contribution >= 0.6 is 11.3 Å². The van der Waals surface area contributed by atoms with Crippen LogP contribution in [0.15, 0.2) is 54.6 Å². The minimum atomic E-state index is -1.57. The number of carbonyl (C=O) groups is 2. The maximum absolute atomic E-state index is 14.1. The smallest absolute Gasteiger partial charge is 0.262 e. The second kappa shape index (κ2) is 10.2. The third kappa shape index (κ3) is 4.57. The van der Waals surface area contributed by atoms with E-state index < -0.39 is 17.4 Å². The van der Waals surface area contributed by atoms with Gasteiger partial charge in [-0.25, -0.2) is 4.39 Å².